The zero-order chi connectivity index (χ0) is 11.7. The van der Waals surface area contributed by atoms with Gasteiger partial charge in [-0.15, -0.1) is 0 Å². The summed E-state index contributed by atoms with van der Waals surface area (Å²) in [5.74, 6) is 0.554. The molecule has 3 rings (SSSR count). The van der Waals surface area contributed by atoms with Gasteiger partial charge in [-0.1, -0.05) is 0 Å². The number of aliphatic hydroxyl groups is 1. The second-order valence-electron chi connectivity index (χ2n) is 5.74. The van der Waals surface area contributed by atoms with Crippen LogP contribution >= 0.6 is 0 Å². The Balaban J connectivity index is 1.46. The average molecular weight is 240 g/mol. The number of aliphatic hydroxyl groups excluding tert-OH is 1. The van der Waals surface area contributed by atoms with Gasteiger partial charge in [-0.25, -0.2) is 0 Å². The van der Waals surface area contributed by atoms with Crippen LogP contribution in [0.2, 0.25) is 0 Å². The maximum absolute atomic E-state index is 9.88. The lowest BCUT2D eigenvalue weighted by molar-refractivity contribution is 0.0326. The third-order valence-corrected chi connectivity index (χ3v) is 4.71. The highest BCUT2D eigenvalue weighted by molar-refractivity contribution is 4.93. The highest BCUT2D eigenvalue weighted by atomic mass is 16.5. The number of ether oxygens (including phenoxy) is 1. The van der Waals surface area contributed by atoms with Crippen LogP contribution in [0.1, 0.15) is 19.3 Å². The Morgan fingerprint density at radius 1 is 1.12 bits per heavy atom. The SMILES string of the molecule is OC1CCC2CC1CN2CCN1CCOCC1. The number of nitrogens with zero attached hydrogens (tertiary/aromatic N) is 2. The molecule has 0 spiro atoms. The Hall–Kier alpha value is -0.160. The second kappa shape index (κ2) is 5.22. The average Bonchev–Trinajstić information content (AvgIpc) is 2.72. The van der Waals surface area contributed by atoms with Gasteiger partial charge in [-0.05, 0) is 25.2 Å². The van der Waals surface area contributed by atoms with Gasteiger partial charge < -0.3 is 9.84 Å². The number of hydrogen-bond donors (Lipinski definition) is 1. The summed E-state index contributed by atoms with van der Waals surface area (Å²) in [4.78, 5) is 5.11. The highest BCUT2D eigenvalue weighted by Crippen LogP contribution is 2.35. The van der Waals surface area contributed by atoms with Gasteiger partial charge in [-0.3, -0.25) is 9.80 Å². The van der Waals surface area contributed by atoms with Crippen LogP contribution in [0.4, 0.5) is 0 Å². The van der Waals surface area contributed by atoms with E-state index in [2.05, 4.69) is 9.80 Å². The molecule has 98 valence electrons. The molecule has 1 aliphatic carbocycles. The van der Waals surface area contributed by atoms with Crippen molar-refractivity contribution in [2.45, 2.75) is 31.4 Å². The van der Waals surface area contributed by atoms with Crippen molar-refractivity contribution in [3.8, 4) is 0 Å². The minimum atomic E-state index is -0.0281. The van der Waals surface area contributed by atoms with Crippen LogP contribution in [-0.2, 0) is 4.74 Å². The molecule has 2 bridgehead atoms. The Bertz CT molecular complexity index is 256. The summed E-state index contributed by atoms with van der Waals surface area (Å²) < 4.78 is 5.37. The molecule has 0 aromatic heterocycles. The summed E-state index contributed by atoms with van der Waals surface area (Å²) >= 11 is 0. The van der Waals surface area contributed by atoms with Gasteiger partial charge in [-0.2, -0.15) is 0 Å². The minimum absolute atomic E-state index is 0.0281. The van der Waals surface area contributed by atoms with Crippen LogP contribution in [0.15, 0.2) is 0 Å². The Morgan fingerprint density at radius 2 is 1.94 bits per heavy atom. The maximum Gasteiger partial charge on any atom is 0.0594 e. The van der Waals surface area contributed by atoms with Crippen molar-refractivity contribution in [2.75, 3.05) is 45.9 Å². The molecule has 0 aromatic rings. The van der Waals surface area contributed by atoms with E-state index in [9.17, 15) is 5.11 Å². The number of fused-ring (bicyclic) bond motifs is 2. The first kappa shape index (κ1) is 11.9. The first-order chi connectivity index (χ1) is 8.33. The predicted molar refractivity (Wildman–Crippen MR) is 66.0 cm³/mol. The van der Waals surface area contributed by atoms with Crippen molar-refractivity contribution in [3.63, 3.8) is 0 Å². The van der Waals surface area contributed by atoms with Gasteiger partial charge in [0, 0.05) is 38.8 Å². The van der Waals surface area contributed by atoms with E-state index in [1.165, 1.54) is 25.9 Å². The largest absolute Gasteiger partial charge is 0.393 e. The summed E-state index contributed by atoms with van der Waals surface area (Å²) in [6, 6.07) is 0.754. The number of likely N-dealkylation sites (tertiary alicyclic amines) is 1. The lowest BCUT2D eigenvalue weighted by Gasteiger charge is -2.30. The number of hydrogen-bond acceptors (Lipinski definition) is 4. The quantitative estimate of drug-likeness (QED) is 0.762. The zero-order valence-corrected chi connectivity index (χ0v) is 10.6. The van der Waals surface area contributed by atoms with Gasteiger partial charge in [0.25, 0.3) is 0 Å². The summed E-state index contributed by atoms with van der Waals surface area (Å²) in [6.07, 6.45) is 3.41. The van der Waals surface area contributed by atoms with Crippen molar-refractivity contribution in [2.24, 2.45) is 5.92 Å². The fourth-order valence-corrected chi connectivity index (χ4v) is 3.57. The number of morpholine rings is 1. The van der Waals surface area contributed by atoms with Crippen LogP contribution in [-0.4, -0.2) is 73.0 Å². The van der Waals surface area contributed by atoms with E-state index in [0.29, 0.717) is 5.92 Å². The predicted octanol–water partition coefficient (Wildman–Crippen LogP) is 0.164. The van der Waals surface area contributed by atoms with Crippen molar-refractivity contribution in [1.29, 1.82) is 0 Å². The first-order valence-corrected chi connectivity index (χ1v) is 7.05. The van der Waals surface area contributed by atoms with E-state index < -0.39 is 0 Å². The Morgan fingerprint density at radius 3 is 2.71 bits per heavy atom. The third-order valence-electron chi connectivity index (χ3n) is 4.71. The highest BCUT2D eigenvalue weighted by Gasteiger charge is 2.39. The summed E-state index contributed by atoms with van der Waals surface area (Å²) in [5, 5.41) is 9.88. The molecule has 3 aliphatic rings. The van der Waals surface area contributed by atoms with Crippen molar-refractivity contribution in [1.82, 2.24) is 9.80 Å². The van der Waals surface area contributed by atoms with E-state index in [1.807, 2.05) is 0 Å². The lowest BCUT2D eigenvalue weighted by Crippen LogP contribution is -2.42. The molecular weight excluding hydrogens is 216 g/mol. The van der Waals surface area contributed by atoms with Gasteiger partial charge in [0.05, 0.1) is 19.3 Å². The van der Waals surface area contributed by atoms with Gasteiger partial charge >= 0.3 is 0 Å². The molecule has 2 aliphatic heterocycles. The van der Waals surface area contributed by atoms with Crippen LogP contribution in [0.3, 0.4) is 0 Å². The van der Waals surface area contributed by atoms with E-state index >= 15 is 0 Å². The molecule has 0 radical (unpaired) electrons. The monoisotopic (exact) mass is 240 g/mol. The molecule has 2 saturated heterocycles. The summed E-state index contributed by atoms with van der Waals surface area (Å²) in [5.41, 5.74) is 0. The Kier molecular flexibility index (Phi) is 3.66. The molecule has 1 N–H and O–H groups in total. The minimum Gasteiger partial charge on any atom is -0.393 e. The molecule has 1 saturated carbocycles. The number of rotatable bonds is 3. The topological polar surface area (TPSA) is 35.9 Å². The first-order valence-electron chi connectivity index (χ1n) is 7.05. The van der Waals surface area contributed by atoms with Crippen LogP contribution in [0.5, 0.6) is 0 Å². The second-order valence-corrected chi connectivity index (χ2v) is 5.74. The van der Waals surface area contributed by atoms with E-state index in [-0.39, 0.29) is 6.10 Å². The molecule has 0 amide bonds. The van der Waals surface area contributed by atoms with Crippen molar-refractivity contribution < 1.29 is 9.84 Å². The standard InChI is InChI=1S/C13H24N2O2/c16-13-2-1-12-9-11(13)10-15(12)4-3-14-5-7-17-8-6-14/h11-13,16H,1-10H2. The third kappa shape index (κ3) is 2.65. The van der Waals surface area contributed by atoms with Crippen LogP contribution in [0.25, 0.3) is 0 Å². The molecule has 3 atom stereocenters. The van der Waals surface area contributed by atoms with Crippen LogP contribution in [0, 0.1) is 5.92 Å². The van der Waals surface area contributed by atoms with E-state index in [1.54, 1.807) is 0 Å². The summed E-state index contributed by atoms with van der Waals surface area (Å²) in [7, 11) is 0. The smallest absolute Gasteiger partial charge is 0.0594 e. The van der Waals surface area contributed by atoms with E-state index in [0.717, 1.165) is 45.3 Å². The van der Waals surface area contributed by atoms with Gasteiger partial charge in [0.2, 0.25) is 0 Å². The van der Waals surface area contributed by atoms with Crippen molar-refractivity contribution in [3.05, 3.63) is 0 Å². The Labute approximate surface area is 104 Å². The van der Waals surface area contributed by atoms with Crippen molar-refractivity contribution >= 4 is 0 Å². The fourth-order valence-electron chi connectivity index (χ4n) is 3.57. The molecule has 4 heteroatoms. The maximum atomic E-state index is 9.88. The van der Waals surface area contributed by atoms with Gasteiger partial charge in [0.1, 0.15) is 0 Å². The molecule has 2 heterocycles. The normalized spacial score (nSPS) is 39.7. The molecule has 4 nitrogen and oxygen atoms in total. The molecule has 0 aromatic carbocycles. The van der Waals surface area contributed by atoms with Crippen LogP contribution < -0.4 is 0 Å². The molecule has 3 fully saturated rings. The molecular formula is C13H24N2O2. The fraction of sp³-hybridized carbons (Fsp3) is 1.00. The lowest BCUT2D eigenvalue weighted by atomic mass is 9.88. The summed E-state index contributed by atoms with van der Waals surface area (Å²) in [6.45, 7) is 7.43. The molecule has 17 heavy (non-hydrogen) atoms. The van der Waals surface area contributed by atoms with Gasteiger partial charge in [0.15, 0.2) is 0 Å². The molecule has 3 unspecified atom stereocenters. The zero-order valence-electron chi connectivity index (χ0n) is 10.6. The van der Waals surface area contributed by atoms with E-state index in [4.69, 9.17) is 4.74 Å².